The van der Waals surface area contributed by atoms with E-state index in [1.165, 1.54) is 22.3 Å². The Bertz CT molecular complexity index is 1410. The number of aromatic nitrogens is 3. The monoisotopic (exact) mass is 425 g/mol. The van der Waals surface area contributed by atoms with Gasteiger partial charge in [-0.05, 0) is 22.3 Å². The third-order valence-corrected chi connectivity index (χ3v) is 6.55. The molecule has 0 N–H and O–H groups in total. The highest BCUT2D eigenvalue weighted by atomic mass is 15.0. The minimum absolute atomic E-state index is 0.0700. The lowest BCUT2D eigenvalue weighted by Crippen LogP contribution is -2.14. The average molecular weight is 426 g/mol. The third kappa shape index (κ3) is 3.16. The van der Waals surface area contributed by atoms with Crippen LogP contribution in [0.2, 0.25) is 0 Å². The minimum Gasteiger partial charge on any atom is -0.208 e. The molecular formula is C30H23N3. The van der Waals surface area contributed by atoms with Crippen molar-refractivity contribution in [2.24, 2.45) is 0 Å². The lowest BCUT2D eigenvalue weighted by atomic mass is 9.82. The molecule has 1 aromatic heterocycles. The molecule has 1 heterocycles. The van der Waals surface area contributed by atoms with Crippen LogP contribution in [0.5, 0.6) is 0 Å². The van der Waals surface area contributed by atoms with E-state index in [-0.39, 0.29) is 5.41 Å². The lowest BCUT2D eigenvalue weighted by molar-refractivity contribution is 0.660. The molecule has 3 nitrogen and oxygen atoms in total. The van der Waals surface area contributed by atoms with Gasteiger partial charge in [0.2, 0.25) is 0 Å². The number of fused-ring (bicyclic) bond motifs is 3. The van der Waals surface area contributed by atoms with Gasteiger partial charge in [0, 0.05) is 22.1 Å². The van der Waals surface area contributed by atoms with Gasteiger partial charge in [0.15, 0.2) is 17.5 Å². The molecule has 0 unspecified atom stereocenters. The normalized spacial score (nSPS) is 13.4. The molecule has 158 valence electrons. The largest absolute Gasteiger partial charge is 0.208 e. The molecule has 3 heteroatoms. The van der Waals surface area contributed by atoms with Crippen molar-refractivity contribution in [3.8, 4) is 45.3 Å². The average Bonchev–Trinajstić information content (AvgIpc) is 3.12. The smallest absolute Gasteiger partial charge is 0.164 e. The first-order valence-electron chi connectivity index (χ1n) is 11.2. The summed E-state index contributed by atoms with van der Waals surface area (Å²) in [6.45, 7) is 4.58. The summed E-state index contributed by atoms with van der Waals surface area (Å²) in [6.07, 6.45) is 0. The Morgan fingerprint density at radius 3 is 1.58 bits per heavy atom. The fourth-order valence-electron chi connectivity index (χ4n) is 4.87. The van der Waals surface area contributed by atoms with Crippen molar-refractivity contribution < 1.29 is 0 Å². The maximum atomic E-state index is 4.98. The first-order valence-corrected chi connectivity index (χ1v) is 11.2. The summed E-state index contributed by atoms with van der Waals surface area (Å²) < 4.78 is 0. The van der Waals surface area contributed by atoms with Crippen molar-refractivity contribution in [2.75, 3.05) is 0 Å². The van der Waals surface area contributed by atoms with E-state index in [1.54, 1.807) is 0 Å². The van der Waals surface area contributed by atoms with Crippen LogP contribution in [-0.4, -0.2) is 15.0 Å². The van der Waals surface area contributed by atoms with Gasteiger partial charge >= 0.3 is 0 Å². The van der Waals surface area contributed by atoms with E-state index in [4.69, 9.17) is 15.0 Å². The number of hydrogen-bond donors (Lipinski definition) is 0. The van der Waals surface area contributed by atoms with Crippen molar-refractivity contribution >= 4 is 0 Å². The molecule has 0 saturated carbocycles. The SMILES string of the molecule is CC1(C)c2ccccc2-c2c(-c3nc(-c4ccccc4)nc(-c4ccccc4)n3)cccc21. The molecule has 4 aromatic carbocycles. The Labute approximate surface area is 193 Å². The molecule has 1 aliphatic carbocycles. The van der Waals surface area contributed by atoms with Gasteiger partial charge in [-0.1, -0.05) is 117 Å². The topological polar surface area (TPSA) is 38.7 Å². The number of hydrogen-bond acceptors (Lipinski definition) is 3. The quantitative estimate of drug-likeness (QED) is 0.307. The fraction of sp³-hybridized carbons (Fsp3) is 0.100. The summed E-state index contributed by atoms with van der Waals surface area (Å²) in [7, 11) is 0. The van der Waals surface area contributed by atoms with Crippen molar-refractivity contribution in [2.45, 2.75) is 19.3 Å². The maximum Gasteiger partial charge on any atom is 0.164 e. The van der Waals surface area contributed by atoms with Gasteiger partial charge in [-0.25, -0.2) is 15.0 Å². The summed E-state index contributed by atoms with van der Waals surface area (Å²) in [5.41, 5.74) is 8.07. The Kier molecular flexibility index (Phi) is 4.44. The summed E-state index contributed by atoms with van der Waals surface area (Å²) >= 11 is 0. The molecule has 0 radical (unpaired) electrons. The second kappa shape index (κ2) is 7.49. The lowest BCUT2D eigenvalue weighted by Gasteiger charge is -2.21. The van der Waals surface area contributed by atoms with Crippen LogP contribution in [0.1, 0.15) is 25.0 Å². The predicted molar refractivity (Wildman–Crippen MR) is 134 cm³/mol. The van der Waals surface area contributed by atoms with Crippen LogP contribution in [0.15, 0.2) is 103 Å². The van der Waals surface area contributed by atoms with Crippen LogP contribution < -0.4 is 0 Å². The fourth-order valence-corrected chi connectivity index (χ4v) is 4.87. The first kappa shape index (κ1) is 19.6. The molecule has 0 spiro atoms. The van der Waals surface area contributed by atoms with Crippen LogP contribution in [0.3, 0.4) is 0 Å². The Hall–Kier alpha value is -4.11. The van der Waals surface area contributed by atoms with Crippen molar-refractivity contribution in [3.05, 3.63) is 114 Å². The summed E-state index contributed by atoms with van der Waals surface area (Å²) in [5.74, 6) is 2.07. The summed E-state index contributed by atoms with van der Waals surface area (Å²) in [6, 6.07) is 35.4. The van der Waals surface area contributed by atoms with E-state index >= 15 is 0 Å². The first-order chi connectivity index (χ1) is 16.1. The molecule has 0 saturated heterocycles. The zero-order valence-electron chi connectivity index (χ0n) is 18.7. The van der Waals surface area contributed by atoms with Crippen LogP contribution in [0.25, 0.3) is 45.3 Å². The number of benzene rings is 4. The van der Waals surface area contributed by atoms with Crippen molar-refractivity contribution in [1.82, 2.24) is 15.0 Å². The molecule has 0 amide bonds. The highest BCUT2D eigenvalue weighted by molar-refractivity contribution is 5.91. The molecule has 33 heavy (non-hydrogen) atoms. The molecule has 1 aliphatic rings. The number of rotatable bonds is 3. The molecular weight excluding hydrogens is 402 g/mol. The summed E-state index contributed by atoms with van der Waals surface area (Å²) in [4.78, 5) is 14.8. The van der Waals surface area contributed by atoms with E-state index in [2.05, 4.69) is 56.3 Å². The minimum atomic E-state index is -0.0700. The van der Waals surface area contributed by atoms with E-state index in [0.717, 1.165) is 16.7 Å². The van der Waals surface area contributed by atoms with E-state index < -0.39 is 0 Å². The second-order valence-corrected chi connectivity index (χ2v) is 8.94. The van der Waals surface area contributed by atoms with Gasteiger partial charge in [-0.2, -0.15) is 0 Å². The maximum absolute atomic E-state index is 4.98. The Morgan fingerprint density at radius 2 is 0.939 bits per heavy atom. The van der Waals surface area contributed by atoms with Gasteiger partial charge in [0.25, 0.3) is 0 Å². The second-order valence-electron chi connectivity index (χ2n) is 8.94. The predicted octanol–water partition coefficient (Wildman–Crippen LogP) is 7.18. The standard InChI is InChI=1S/C30H23N3/c1-30(2)24-18-10-9-16-22(24)26-23(17-11-19-25(26)30)29-32-27(20-12-5-3-6-13-20)31-28(33-29)21-14-7-4-8-15-21/h3-19H,1-2H3. The van der Waals surface area contributed by atoms with Gasteiger partial charge in [-0.15, -0.1) is 0 Å². The van der Waals surface area contributed by atoms with Crippen molar-refractivity contribution in [3.63, 3.8) is 0 Å². The van der Waals surface area contributed by atoms with Crippen LogP contribution in [-0.2, 0) is 5.41 Å². The van der Waals surface area contributed by atoms with E-state index in [0.29, 0.717) is 17.5 Å². The summed E-state index contributed by atoms with van der Waals surface area (Å²) in [5, 5.41) is 0. The van der Waals surface area contributed by atoms with Crippen LogP contribution in [0.4, 0.5) is 0 Å². The van der Waals surface area contributed by atoms with Gasteiger partial charge in [0.1, 0.15) is 0 Å². The highest BCUT2D eigenvalue weighted by Crippen LogP contribution is 2.51. The zero-order chi connectivity index (χ0) is 22.4. The van der Waals surface area contributed by atoms with E-state index in [9.17, 15) is 0 Å². The zero-order valence-corrected chi connectivity index (χ0v) is 18.7. The van der Waals surface area contributed by atoms with Gasteiger partial charge < -0.3 is 0 Å². The molecule has 0 atom stereocenters. The van der Waals surface area contributed by atoms with E-state index in [1.807, 2.05) is 60.7 Å². The molecule has 0 fully saturated rings. The van der Waals surface area contributed by atoms with Gasteiger partial charge in [-0.3, -0.25) is 0 Å². The molecule has 5 aromatic rings. The van der Waals surface area contributed by atoms with Crippen LogP contribution >= 0.6 is 0 Å². The number of nitrogens with zero attached hydrogens (tertiary/aromatic N) is 3. The highest BCUT2D eigenvalue weighted by Gasteiger charge is 2.37. The van der Waals surface area contributed by atoms with Gasteiger partial charge in [0.05, 0.1) is 0 Å². The Balaban J connectivity index is 1.63. The van der Waals surface area contributed by atoms with Crippen LogP contribution in [0, 0.1) is 0 Å². The molecule has 6 rings (SSSR count). The van der Waals surface area contributed by atoms with Crippen molar-refractivity contribution in [1.29, 1.82) is 0 Å². The molecule has 0 aliphatic heterocycles. The third-order valence-electron chi connectivity index (χ3n) is 6.55. The Morgan fingerprint density at radius 1 is 0.455 bits per heavy atom. The molecule has 0 bridgehead atoms.